The van der Waals surface area contributed by atoms with Gasteiger partial charge in [0, 0.05) is 16.7 Å². The first-order valence-electron chi connectivity index (χ1n) is 8.02. The summed E-state index contributed by atoms with van der Waals surface area (Å²) >= 11 is 5.82. The summed E-state index contributed by atoms with van der Waals surface area (Å²) in [6.07, 6.45) is 2.41. The smallest absolute Gasteiger partial charge is 0.260 e. The number of carbonyl (C=O) groups is 1. The Hall–Kier alpha value is -2.78. The Kier molecular flexibility index (Phi) is 7.24. The topological polar surface area (TPSA) is 97.3 Å². The molecule has 0 aliphatic rings. The highest BCUT2D eigenvalue weighted by Crippen LogP contribution is 2.23. The molecule has 0 aliphatic carbocycles. The lowest BCUT2D eigenvalue weighted by Crippen LogP contribution is -2.39. The predicted molar refractivity (Wildman–Crippen MR) is 109 cm³/mol. The molecule has 1 N–H and O–H groups in total. The van der Waals surface area contributed by atoms with Crippen LogP contribution in [-0.4, -0.2) is 47.6 Å². The molecule has 0 spiro atoms. The highest BCUT2D eigenvalue weighted by molar-refractivity contribution is 7.92. The number of nitrogens with one attached hydrogen (secondary N) is 1. The van der Waals surface area contributed by atoms with Crippen LogP contribution in [0.2, 0.25) is 5.02 Å². The van der Waals surface area contributed by atoms with Gasteiger partial charge in [-0.3, -0.25) is 9.10 Å². The number of benzene rings is 2. The molecule has 2 rings (SSSR count). The van der Waals surface area contributed by atoms with Crippen LogP contribution in [0, 0.1) is 0 Å². The summed E-state index contributed by atoms with van der Waals surface area (Å²) in [6.45, 7) is -0.433. The van der Waals surface area contributed by atoms with Crippen LogP contribution in [0.25, 0.3) is 0 Å². The molecule has 0 saturated carbocycles. The van der Waals surface area contributed by atoms with Crippen LogP contribution in [0.3, 0.4) is 0 Å². The van der Waals surface area contributed by atoms with Gasteiger partial charge in [-0.1, -0.05) is 11.6 Å². The van der Waals surface area contributed by atoms with E-state index in [1.807, 2.05) is 0 Å². The fraction of sp³-hybridized carbons (Fsp3) is 0.222. The van der Waals surface area contributed by atoms with Crippen molar-refractivity contribution in [3.8, 4) is 11.5 Å². The summed E-state index contributed by atoms with van der Waals surface area (Å²) in [5, 5.41) is 4.32. The van der Waals surface area contributed by atoms with Gasteiger partial charge in [0.05, 0.1) is 32.4 Å². The van der Waals surface area contributed by atoms with E-state index in [4.69, 9.17) is 21.1 Å². The molecule has 8 nitrogen and oxygen atoms in total. The number of hydrogen-bond donors (Lipinski definition) is 1. The Morgan fingerprint density at radius 1 is 1.18 bits per heavy atom. The van der Waals surface area contributed by atoms with Gasteiger partial charge in [-0.05, 0) is 36.4 Å². The monoisotopic (exact) mass is 425 g/mol. The van der Waals surface area contributed by atoms with Gasteiger partial charge in [0.25, 0.3) is 5.91 Å². The number of methoxy groups -OCH3 is 2. The average molecular weight is 426 g/mol. The first-order chi connectivity index (χ1) is 13.2. The molecule has 150 valence electrons. The van der Waals surface area contributed by atoms with Crippen LogP contribution < -0.4 is 19.2 Å². The number of rotatable bonds is 8. The van der Waals surface area contributed by atoms with Gasteiger partial charge in [-0.25, -0.2) is 13.8 Å². The van der Waals surface area contributed by atoms with Gasteiger partial charge in [0.1, 0.15) is 18.0 Å². The maximum Gasteiger partial charge on any atom is 0.260 e. The molecule has 0 atom stereocenters. The number of anilines is 1. The van der Waals surface area contributed by atoms with Crippen LogP contribution in [-0.2, 0) is 14.8 Å². The molecule has 0 fully saturated rings. The molecular formula is C18H20ClN3O5S. The van der Waals surface area contributed by atoms with Crippen molar-refractivity contribution in [1.29, 1.82) is 0 Å². The fourth-order valence-electron chi connectivity index (χ4n) is 2.27. The Morgan fingerprint density at radius 2 is 1.86 bits per heavy atom. The lowest BCUT2D eigenvalue weighted by molar-refractivity contribution is -0.119. The summed E-state index contributed by atoms with van der Waals surface area (Å²) in [5.41, 5.74) is 3.24. The van der Waals surface area contributed by atoms with Crippen LogP contribution in [0.5, 0.6) is 11.5 Å². The number of sulfonamides is 1. The first kappa shape index (κ1) is 21.5. The number of hydrogen-bond acceptors (Lipinski definition) is 6. The molecule has 0 heterocycles. The Morgan fingerprint density at radius 3 is 2.43 bits per heavy atom. The lowest BCUT2D eigenvalue weighted by Gasteiger charge is -2.21. The molecule has 1 amide bonds. The quantitative estimate of drug-likeness (QED) is 0.517. The van der Waals surface area contributed by atoms with E-state index in [-0.39, 0.29) is 0 Å². The van der Waals surface area contributed by atoms with E-state index in [9.17, 15) is 13.2 Å². The Labute approximate surface area is 168 Å². The van der Waals surface area contributed by atoms with Crippen LogP contribution in [0.4, 0.5) is 5.69 Å². The van der Waals surface area contributed by atoms with Crippen molar-refractivity contribution in [2.45, 2.75) is 0 Å². The van der Waals surface area contributed by atoms with E-state index in [2.05, 4.69) is 10.5 Å². The molecule has 0 bridgehead atoms. The van der Waals surface area contributed by atoms with Crippen molar-refractivity contribution in [2.24, 2.45) is 5.10 Å². The number of ether oxygens (including phenoxy) is 2. The largest absolute Gasteiger partial charge is 0.497 e. The standard InChI is InChI=1S/C18H20ClN3O5S/c1-26-16-9-4-13(17(10-16)27-2)11-20-21-18(23)12-22(28(3,24)25)15-7-5-14(19)6-8-15/h4-11H,12H2,1-3H3,(H,21,23)/b20-11-. The molecule has 10 heteroatoms. The highest BCUT2D eigenvalue weighted by Gasteiger charge is 2.20. The SMILES string of the molecule is COc1ccc(/C=N\NC(=O)CN(c2ccc(Cl)cc2)S(C)(=O)=O)c(OC)c1. The van der Waals surface area contributed by atoms with Crippen molar-refractivity contribution in [3.05, 3.63) is 53.1 Å². The van der Waals surface area contributed by atoms with Crippen LogP contribution in [0.15, 0.2) is 47.6 Å². The summed E-state index contributed by atoms with van der Waals surface area (Å²) in [4.78, 5) is 12.2. The van der Waals surface area contributed by atoms with Gasteiger partial charge in [0.2, 0.25) is 10.0 Å². The van der Waals surface area contributed by atoms with E-state index >= 15 is 0 Å². The third kappa shape index (κ3) is 5.86. The van der Waals surface area contributed by atoms with Crippen LogP contribution >= 0.6 is 11.6 Å². The number of halogens is 1. The molecule has 0 aromatic heterocycles. The zero-order valence-corrected chi connectivity index (χ0v) is 17.1. The Balaban J connectivity index is 2.09. The summed E-state index contributed by atoms with van der Waals surface area (Å²) < 4.78 is 35.4. The number of amides is 1. The van der Waals surface area contributed by atoms with Gasteiger partial charge >= 0.3 is 0 Å². The zero-order valence-electron chi connectivity index (χ0n) is 15.5. The van der Waals surface area contributed by atoms with Crippen molar-refractivity contribution in [3.63, 3.8) is 0 Å². The van der Waals surface area contributed by atoms with E-state index in [1.54, 1.807) is 30.3 Å². The Bertz CT molecular complexity index is 962. The third-order valence-electron chi connectivity index (χ3n) is 3.64. The van der Waals surface area contributed by atoms with Crippen molar-refractivity contribution in [1.82, 2.24) is 5.43 Å². The van der Waals surface area contributed by atoms with Crippen molar-refractivity contribution < 1.29 is 22.7 Å². The lowest BCUT2D eigenvalue weighted by atomic mass is 10.2. The second-order valence-electron chi connectivity index (χ2n) is 5.65. The molecule has 0 aliphatic heterocycles. The molecule has 2 aromatic rings. The maximum atomic E-state index is 12.2. The first-order valence-corrected chi connectivity index (χ1v) is 10.2. The second kappa shape index (κ2) is 9.43. The van der Waals surface area contributed by atoms with Crippen molar-refractivity contribution in [2.75, 3.05) is 31.3 Å². The van der Waals surface area contributed by atoms with E-state index in [0.717, 1.165) is 10.6 Å². The average Bonchev–Trinajstić information content (AvgIpc) is 2.66. The predicted octanol–water partition coefficient (Wildman–Crippen LogP) is 2.27. The minimum atomic E-state index is -3.68. The minimum Gasteiger partial charge on any atom is -0.497 e. The summed E-state index contributed by atoms with van der Waals surface area (Å²) in [7, 11) is -0.638. The molecule has 0 radical (unpaired) electrons. The minimum absolute atomic E-state index is 0.322. The fourth-order valence-corrected chi connectivity index (χ4v) is 3.25. The second-order valence-corrected chi connectivity index (χ2v) is 7.99. The van der Waals surface area contributed by atoms with Crippen molar-refractivity contribution >= 4 is 39.4 Å². The van der Waals surface area contributed by atoms with Gasteiger partial charge in [-0.2, -0.15) is 5.10 Å². The molecule has 2 aromatic carbocycles. The molecule has 28 heavy (non-hydrogen) atoms. The molecule has 0 saturated heterocycles. The normalized spacial score (nSPS) is 11.3. The van der Waals surface area contributed by atoms with Crippen LogP contribution in [0.1, 0.15) is 5.56 Å². The molecule has 0 unspecified atom stereocenters. The van der Waals surface area contributed by atoms with E-state index in [1.165, 1.54) is 32.6 Å². The maximum absolute atomic E-state index is 12.2. The van der Waals surface area contributed by atoms with Gasteiger partial charge < -0.3 is 9.47 Å². The van der Waals surface area contributed by atoms with E-state index in [0.29, 0.717) is 27.8 Å². The number of carbonyl (C=O) groups excluding carboxylic acids is 1. The zero-order chi connectivity index (χ0) is 20.7. The summed E-state index contributed by atoms with van der Waals surface area (Å²) in [6, 6.07) is 11.2. The highest BCUT2D eigenvalue weighted by atomic mass is 35.5. The number of nitrogens with zero attached hydrogens (tertiary/aromatic N) is 2. The van der Waals surface area contributed by atoms with Gasteiger partial charge in [-0.15, -0.1) is 0 Å². The third-order valence-corrected chi connectivity index (χ3v) is 5.03. The molecular weight excluding hydrogens is 406 g/mol. The van der Waals surface area contributed by atoms with Gasteiger partial charge in [0.15, 0.2) is 0 Å². The number of hydrazone groups is 1. The van der Waals surface area contributed by atoms with E-state index < -0.39 is 22.5 Å². The summed E-state index contributed by atoms with van der Waals surface area (Å²) in [5.74, 6) is 0.519.